The first kappa shape index (κ1) is 11.4. The average Bonchev–Trinajstić information content (AvgIpc) is 2.73. The molecule has 2 rings (SSSR count). The molecule has 16 heavy (non-hydrogen) atoms. The fraction of sp³-hybridized carbons (Fsp3) is 0.417. The molecule has 1 unspecified atom stereocenters. The van der Waals surface area contributed by atoms with Crippen molar-refractivity contribution in [2.45, 2.75) is 25.4 Å². The highest BCUT2D eigenvalue weighted by atomic mass is 35.5. The van der Waals surface area contributed by atoms with Gasteiger partial charge in [0.2, 0.25) is 0 Å². The lowest BCUT2D eigenvalue weighted by Crippen LogP contribution is -2.04. The average molecular weight is 241 g/mol. The van der Waals surface area contributed by atoms with Crippen LogP contribution in [0.15, 0.2) is 18.2 Å². The summed E-state index contributed by atoms with van der Waals surface area (Å²) in [7, 11) is 0. The molecule has 0 amide bonds. The van der Waals surface area contributed by atoms with Gasteiger partial charge in [0.05, 0.1) is 17.5 Å². The maximum Gasteiger partial charge on any atom is 0.307 e. The van der Waals surface area contributed by atoms with Crippen molar-refractivity contribution >= 4 is 17.6 Å². The van der Waals surface area contributed by atoms with Crippen LogP contribution in [0.3, 0.4) is 0 Å². The number of ether oxygens (including phenoxy) is 1. The quantitative estimate of drug-likeness (QED) is 0.884. The fourth-order valence-corrected chi connectivity index (χ4v) is 2.29. The first-order chi connectivity index (χ1) is 7.68. The Morgan fingerprint density at radius 1 is 1.56 bits per heavy atom. The second-order valence-electron chi connectivity index (χ2n) is 3.89. The van der Waals surface area contributed by atoms with Gasteiger partial charge in [-0.05, 0) is 24.0 Å². The molecule has 86 valence electrons. The SMILES string of the molecule is O=C(O)Cc1cccc(C2CCCO2)c1Cl. The molecule has 0 radical (unpaired) electrons. The van der Waals surface area contributed by atoms with Gasteiger partial charge in [0.15, 0.2) is 0 Å². The predicted octanol–water partition coefficient (Wildman–Crippen LogP) is 2.82. The van der Waals surface area contributed by atoms with Crippen LogP contribution in [0.5, 0.6) is 0 Å². The van der Waals surface area contributed by atoms with E-state index in [1.807, 2.05) is 12.1 Å². The van der Waals surface area contributed by atoms with E-state index in [4.69, 9.17) is 21.4 Å². The van der Waals surface area contributed by atoms with E-state index in [0.717, 1.165) is 25.0 Å². The summed E-state index contributed by atoms with van der Waals surface area (Å²) in [5.74, 6) is -0.869. The van der Waals surface area contributed by atoms with Gasteiger partial charge < -0.3 is 9.84 Å². The van der Waals surface area contributed by atoms with Crippen LogP contribution in [-0.2, 0) is 16.0 Å². The van der Waals surface area contributed by atoms with Crippen molar-refractivity contribution in [3.05, 3.63) is 34.3 Å². The second kappa shape index (κ2) is 4.85. The summed E-state index contributed by atoms with van der Waals surface area (Å²) in [6.45, 7) is 0.754. The number of carbonyl (C=O) groups is 1. The summed E-state index contributed by atoms with van der Waals surface area (Å²) < 4.78 is 5.55. The Hall–Kier alpha value is -1.06. The lowest BCUT2D eigenvalue weighted by Gasteiger charge is -2.13. The Labute approximate surface area is 99.0 Å². The number of carboxylic acid groups (broad SMARTS) is 1. The zero-order valence-electron chi connectivity index (χ0n) is 8.78. The Kier molecular flexibility index (Phi) is 3.46. The molecule has 1 fully saturated rings. The van der Waals surface area contributed by atoms with E-state index in [1.54, 1.807) is 6.07 Å². The van der Waals surface area contributed by atoms with Crippen molar-refractivity contribution in [2.75, 3.05) is 6.61 Å². The Morgan fingerprint density at radius 3 is 3.00 bits per heavy atom. The largest absolute Gasteiger partial charge is 0.481 e. The third-order valence-electron chi connectivity index (χ3n) is 2.73. The molecule has 1 aliphatic heterocycles. The molecule has 3 nitrogen and oxygen atoms in total. The van der Waals surface area contributed by atoms with E-state index in [-0.39, 0.29) is 12.5 Å². The number of aliphatic carboxylic acids is 1. The molecule has 1 aromatic carbocycles. The molecule has 0 bridgehead atoms. The number of halogens is 1. The molecule has 0 saturated carbocycles. The highest BCUT2D eigenvalue weighted by molar-refractivity contribution is 6.32. The number of carboxylic acids is 1. The van der Waals surface area contributed by atoms with E-state index in [1.165, 1.54) is 0 Å². The Bertz CT molecular complexity index is 397. The molecule has 1 heterocycles. The van der Waals surface area contributed by atoms with Crippen molar-refractivity contribution in [1.29, 1.82) is 0 Å². The van der Waals surface area contributed by atoms with Gasteiger partial charge in [0, 0.05) is 6.61 Å². The number of hydrogen-bond donors (Lipinski definition) is 1. The Balaban J connectivity index is 2.28. The van der Waals surface area contributed by atoms with E-state index in [9.17, 15) is 4.79 Å². The molecule has 1 saturated heterocycles. The molecule has 1 N–H and O–H groups in total. The first-order valence-corrected chi connectivity index (χ1v) is 5.67. The third kappa shape index (κ3) is 2.36. The topological polar surface area (TPSA) is 46.5 Å². The van der Waals surface area contributed by atoms with Crippen molar-refractivity contribution < 1.29 is 14.6 Å². The van der Waals surface area contributed by atoms with Gasteiger partial charge in [0.1, 0.15) is 0 Å². The van der Waals surface area contributed by atoms with Crippen LogP contribution in [0.4, 0.5) is 0 Å². The summed E-state index contributed by atoms with van der Waals surface area (Å²) in [5, 5.41) is 9.30. The summed E-state index contributed by atoms with van der Waals surface area (Å²) in [5.41, 5.74) is 1.57. The number of hydrogen-bond acceptors (Lipinski definition) is 2. The van der Waals surface area contributed by atoms with Crippen LogP contribution in [0.2, 0.25) is 5.02 Å². The zero-order valence-corrected chi connectivity index (χ0v) is 9.54. The summed E-state index contributed by atoms with van der Waals surface area (Å²) in [4.78, 5) is 10.7. The maximum atomic E-state index is 10.7. The standard InChI is InChI=1S/C12H13ClO3/c13-12-8(7-11(14)15)3-1-4-9(12)10-5-2-6-16-10/h1,3-4,10H,2,5-7H2,(H,14,15). The monoisotopic (exact) mass is 240 g/mol. The summed E-state index contributed by atoms with van der Waals surface area (Å²) in [6, 6.07) is 5.49. The van der Waals surface area contributed by atoms with E-state index in [2.05, 4.69) is 0 Å². The minimum absolute atomic E-state index is 0.0289. The first-order valence-electron chi connectivity index (χ1n) is 5.29. The lowest BCUT2D eigenvalue weighted by atomic mass is 10.0. The van der Waals surface area contributed by atoms with E-state index >= 15 is 0 Å². The van der Waals surface area contributed by atoms with Crippen LogP contribution in [0, 0.1) is 0 Å². The molecule has 4 heteroatoms. The van der Waals surface area contributed by atoms with Crippen LogP contribution < -0.4 is 0 Å². The van der Waals surface area contributed by atoms with Gasteiger partial charge in [-0.15, -0.1) is 0 Å². The van der Waals surface area contributed by atoms with Gasteiger partial charge in [-0.25, -0.2) is 0 Å². The van der Waals surface area contributed by atoms with E-state index < -0.39 is 5.97 Å². The highest BCUT2D eigenvalue weighted by Gasteiger charge is 2.21. The van der Waals surface area contributed by atoms with Crippen molar-refractivity contribution in [2.24, 2.45) is 0 Å². The van der Waals surface area contributed by atoms with Crippen LogP contribution in [-0.4, -0.2) is 17.7 Å². The predicted molar refractivity (Wildman–Crippen MR) is 60.7 cm³/mol. The summed E-state index contributed by atoms with van der Waals surface area (Å²) >= 11 is 6.19. The van der Waals surface area contributed by atoms with Gasteiger partial charge in [-0.1, -0.05) is 29.8 Å². The van der Waals surface area contributed by atoms with Gasteiger partial charge >= 0.3 is 5.97 Å². The molecule has 1 aromatic rings. The van der Waals surface area contributed by atoms with Crippen LogP contribution in [0.1, 0.15) is 30.1 Å². The van der Waals surface area contributed by atoms with Crippen molar-refractivity contribution in [3.8, 4) is 0 Å². The molecular weight excluding hydrogens is 228 g/mol. The number of rotatable bonds is 3. The molecule has 0 aromatic heterocycles. The molecule has 1 aliphatic rings. The van der Waals surface area contributed by atoms with Crippen LogP contribution in [0.25, 0.3) is 0 Å². The fourth-order valence-electron chi connectivity index (χ4n) is 1.97. The lowest BCUT2D eigenvalue weighted by molar-refractivity contribution is -0.136. The normalized spacial score (nSPS) is 19.9. The van der Waals surface area contributed by atoms with Gasteiger partial charge in [-0.2, -0.15) is 0 Å². The van der Waals surface area contributed by atoms with Crippen LogP contribution >= 0.6 is 11.6 Å². The molecule has 1 atom stereocenters. The molecular formula is C12H13ClO3. The van der Waals surface area contributed by atoms with E-state index in [0.29, 0.717) is 10.6 Å². The summed E-state index contributed by atoms with van der Waals surface area (Å²) in [6.07, 6.45) is 1.97. The van der Waals surface area contributed by atoms with Gasteiger partial charge in [-0.3, -0.25) is 4.79 Å². The Morgan fingerprint density at radius 2 is 2.38 bits per heavy atom. The highest BCUT2D eigenvalue weighted by Crippen LogP contribution is 2.34. The number of benzene rings is 1. The molecule has 0 aliphatic carbocycles. The minimum atomic E-state index is -0.869. The smallest absolute Gasteiger partial charge is 0.307 e. The molecule has 0 spiro atoms. The maximum absolute atomic E-state index is 10.7. The van der Waals surface area contributed by atoms with Crippen molar-refractivity contribution in [1.82, 2.24) is 0 Å². The minimum Gasteiger partial charge on any atom is -0.481 e. The zero-order chi connectivity index (χ0) is 11.5. The second-order valence-corrected chi connectivity index (χ2v) is 4.27. The third-order valence-corrected chi connectivity index (χ3v) is 3.19. The van der Waals surface area contributed by atoms with Crippen molar-refractivity contribution in [3.63, 3.8) is 0 Å². The van der Waals surface area contributed by atoms with Gasteiger partial charge in [0.25, 0.3) is 0 Å².